The van der Waals surface area contributed by atoms with E-state index >= 15 is 8.42 Å². The molecule has 0 heterocycles. The van der Waals surface area contributed by atoms with Crippen molar-refractivity contribution in [3.63, 3.8) is 0 Å². The van der Waals surface area contributed by atoms with E-state index in [1.807, 2.05) is 0 Å². The average Bonchev–Trinajstić information content (AvgIpc) is 3.28. The summed E-state index contributed by atoms with van der Waals surface area (Å²) in [5.41, 5.74) is 4.00. The maximum absolute atomic E-state index is 15.5. The van der Waals surface area contributed by atoms with Gasteiger partial charge in [-0.2, -0.15) is 0 Å². The summed E-state index contributed by atoms with van der Waals surface area (Å²) in [6.45, 7) is 12.9. The second kappa shape index (κ2) is 39.5. The molecule has 0 bridgehead atoms. The Bertz CT molecular complexity index is 1250. The molecule has 63 heavy (non-hydrogen) atoms. The second-order valence-electron chi connectivity index (χ2n) is 20.7. The van der Waals surface area contributed by atoms with Crippen molar-refractivity contribution < 1.29 is 12.4 Å². The van der Waals surface area contributed by atoms with Gasteiger partial charge in [0.1, 0.15) is 0 Å². The number of unbranched alkanes of at least 4 members (excludes halogenated alkanes) is 31. The molecule has 0 spiro atoms. The summed E-state index contributed by atoms with van der Waals surface area (Å²) < 4.78 is 38.3. The summed E-state index contributed by atoms with van der Waals surface area (Å²) in [5, 5.41) is 0. The van der Waals surface area contributed by atoms with Crippen molar-refractivity contribution in [1.82, 2.24) is 0 Å². The SMILES string of the molecule is CCCCCCCCCCCCc1ccc(S(=O)(=O)OP(CCCC)(CCCC)(CCCC)CCCC)c(CCCCCCCCCCCC)c1CCCCCCCCCCCC. The molecule has 0 unspecified atom stereocenters. The third-order valence-electron chi connectivity index (χ3n) is 14.7. The summed E-state index contributed by atoms with van der Waals surface area (Å²) in [7, 11) is -3.97. The van der Waals surface area contributed by atoms with Gasteiger partial charge in [-0.1, -0.05) is 97.8 Å². The first-order valence-electron chi connectivity index (χ1n) is 28.8. The maximum atomic E-state index is 15.5. The molecule has 0 atom stereocenters. The van der Waals surface area contributed by atoms with Crippen LogP contribution in [0.15, 0.2) is 17.0 Å². The van der Waals surface area contributed by atoms with Crippen molar-refractivity contribution in [3.8, 4) is 0 Å². The zero-order valence-corrected chi connectivity index (χ0v) is 45.8. The fraction of sp³-hybridized carbons (Fsp3) is 0.897. The molecule has 374 valence electrons. The monoisotopic (exact) mass is 921 g/mol. The molecule has 5 heteroatoms. The average molecular weight is 922 g/mol. The third-order valence-corrected chi connectivity index (χ3v) is 23.9. The van der Waals surface area contributed by atoms with E-state index in [2.05, 4.69) is 60.6 Å². The molecule has 3 nitrogen and oxygen atoms in total. The summed E-state index contributed by atoms with van der Waals surface area (Å²) >= 11 is 0. The van der Waals surface area contributed by atoms with Gasteiger partial charge >= 0.3 is 302 Å². The van der Waals surface area contributed by atoms with E-state index in [0.29, 0.717) is 4.90 Å². The summed E-state index contributed by atoms with van der Waals surface area (Å²) in [6, 6.07) is 4.32. The van der Waals surface area contributed by atoms with Gasteiger partial charge in [-0.05, 0) is 0 Å². The van der Waals surface area contributed by atoms with Gasteiger partial charge < -0.3 is 0 Å². The fourth-order valence-electron chi connectivity index (χ4n) is 10.5. The molecular formula is C58H113O3PS. The van der Waals surface area contributed by atoms with E-state index in [0.717, 1.165) is 114 Å². The van der Waals surface area contributed by atoms with Crippen LogP contribution in [0.5, 0.6) is 0 Å². The van der Waals surface area contributed by atoms with Crippen LogP contribution in [-0.2, 0) is 33.4 Å². The molecular weight excluding hydrogens is 808 g/mol. The Morgan fingerprint density at radius 2 is 0.603 bits per heavy atom. The standard InChI is InChI=1S/C58H113O3PS/c1-8-15-22-25-28-31-34-37-40-43-46-55-49-50-58(63(59,60)61-62(51-18-11-4,52-19-12-5,53-20-13-6)54-21-14-7)57(48-45-42-39-36-33-30-27-24-17-10-3)56(55)47-44-41-38-35-32-29-26-23-16-9-2/h49-50H,8-48,51-54H2,1-7H3. The van der Waals surface area contributed by atoms with Gasteiger partial charge in [-0.15, -0.1) is 0 Å². The van der Waals surface area contributed by atoms with Crippen molar-refractivity contribution in [2.24, 2.45) is 0 Å². The van der Waals surface area contributed by atoms with Gasteiger partial charge in [0.2, 0.25) is 0 Å². The van der Waals surface area contributed by atoms with E-state index < -0.39 is 16.9 Å². The zero-order valence-electron chi connectivity index (χ0n) is 44.1. The van der Waals surface area contributed by atoms with Crippen LogP contribution in [0.2, 0.25) is 0 Å². The van der Waals surface area contributed by atoms with Crippen LogP contribution >= 0.6 is 6.83 Å². The molecule has 1 rings (SSSR count). The molecule has 0 saturated heterocycles. The van der Waals surface area contributed by atoms with Crippen molar-refractivity contribution in [3.05, 3.63) is 28.8 Å². The van der Waals surface area contributed by atoms with E-state index in [1.54, 1.807) is 0 Å². The smallest absolute Gasteiger partial charge is 0.0654 e. The van der Waals surface area contributed by atoms with E-state index in [-0.39, 0.29) is 0 Å². The van der Waals surface area contributed by atoms with Gasteiger partial charge in [0.25, 0.3) is 0 Å². The predicted octanol–water partition coefficient (Wildman–Crippen LogP) is 20.5. The van der Waals surface area contributed by atoms with Crippen LogP contribution in [-0.4, -0.2) is 33.1 Å². The van der Waals surface area contributed by atoms with Gasteiger partial charge in [0.15, 0.2) is 0 Å². The molecule has 0 saturated carbocycles. The molecule has 0 aliphatic carbocycles. The first kappa shape index (κ1) is 60.6. The van der Waals surface area contributed by atoms with Gasteiger partial charge in [0.05, 0.1) is 0 Å². The summed E-state index contributed by atoms with van der Waals surface area (Å²) in [6.07, 6.45) is 55.1. The number of rotatable bonds is 48. The minimum atomic E-state index is -3.97. The first-order chi connectivity index (χ1) is 30.7. The van der Waals surface area contributed by atoms with Gasteiger partial charge in [0, 0.05) is 0 Å². The Balaban J connectivity index is 3.58. The van der Waals surface area contributed by atoms with Crippen LogP contribution in [0.3, 0.4) is 0 Å². The van der Waals surface area contributed by atoms with Crippen LogP contribution < -0.4 is 0 Å². The van der Waals surface area contributed by atoms with Crippen molar-refractivity contribution in [1.29, 1.82) is 0 Å². The molecule has 0 amide bonds. The third kappa shape index (κ3) is 27.2. The topological polar surface area (TPSA) is 43.4 Å². The normalized spacial score (nSPS) is 12.9. The second-order valence-corrected chi connectivity index (χ2v) is 28.1. The first-order valence-corrected chi connectivity index (χ1v) is 33.1. The van der Waals surface area contributed by atoms with Gasteiger partial charge in [-0.25, -0.2) is 0 Å². The number of hydrogen-bond donors (Lipinski definition) is 0. The van der Waals surface area contributed by atoms with Crippen LogP contribution in [0.4, 0.5) is 0 Å². The molecule has 1 aromatic rings. The van der Waals surface area contributed by atoms with Crippen molar-refractivity contribution >= 4 is 16.9 Å². The molecule has 0 aromatic heterocycles. The van der Waals surface area contributed by atoms with Crippen LogP contribution in [0, 0.1) is 0 Å². The van der Waals surface area contributed by atoms with Gasteiger partial charge in [-0.3, -0.25) is 0 Å². The zero-order chi connectivity index (χ0) is 46.2. The molecule has 0 radical (unpaired) electrons. The van der Waals surface area contributed by atoms with Crippen LogP contribution in [0.25, 0.3) is 0 Å². The summed E-state index contributed by atoms with van der Waals surface area (Å²) in [4.78, 5) is 0.558. The minimum Gasteiger partial charge on any atom is -0.0654 e. The molecule has 0 aliphatic rings. The van der Waals surface area contributed by atoms with Crippen molar-refractivity contribution in [2.75, 3.05) is 24.6 Å². The van der Waals surface area contributed by atoms with Crippen LogP contribution in [0.1, 0.15) is 309 Å². The van der Waals surface area contributed by atoms with Crippen molar-refractivity contribution in [2.45, 2.75) is 317 Å². The Morgan fingerprint density at radius 1 is 0.333 bits per heavy atom. The van der Waals surface area contributed by atoms with E-state index in [1.165, 1.54) is 191 Å². The number of hydrogen-bond acceptors (Lipinski definition) is 3. The Labute approximate surface area is 397 Å². The Hall–Kier alpha value is -0.440. The van der Waals surface area contributed by atoms with E-state index in [9.17, 15) is 0 Å². The molecule has 1 aromatic carbocycles. The predicted molar refractivity (Wildman–Crippen MR) is 287 cm³/mol. The summed E-state index contributed by atoms with van der Waals surface area (Å²) in [5.74, 6) is 0. The quantitative estimate of drug-likeness (QED) is 0.0483. The van der Waals surface area contributed by atoms with E-state index in [4.69, 9.17) is 3.97 Å². The Morgan fingerprint density at radius 3 is 0.921 bits per heavy atom. The number of aryl methyl sites for hydroxylation is 1. The minimum absolute atomic E-state index is 0.558. The number of benzene rings is 1. The molecule has 0 fully saturated rings. The fourth-order valence-corrected chi connectivity index (χ4v) is 20.8. The molecule has 0 N–H and O–H groups in total. The molecule has 0 aliphatic heterocycles. The Kier molecular flexibility index (Phi) is 38.0.